The molecule has 1 rings (SSSR count). The molecule has 1 aromatic rings. The van der Waals surface area contributed by atoms with Gasteiger partial charge in [-0.25, -0.2) is 4.98 Å². The van der Waals surface area contributed by atoms with Gasteiger partial charge in [-0.1, -0.05) is 6.07 Å². The maximum atomic E-state index is 5.00. The molecule has 0 aromatic carbocycles. The Balaban J connectivity index is 2.42. The number of hydrogen-bond donors (Lipinski definition) is 1. The van der Waals surface area contributed by atoms with E-state index in [1.807, 2.05) is 25.4 Å². The Labute approximate surface area is 91.3 Å². The summed E-state index contributed by atoms with van der Waals surface area (Å²) in [5.74, 6) is 0.664. The predicted octanol–water partition coefficient (Wildman–Crippen LogP) is 0.741. The Kier molecular flexibility index (Phi) is 5.07. The van der Waals surface area contributed by atoms with E-state index in [-0.39, 0.29) is 0 Å². The van der Waals surface area contributed by atoms with Crippen molar-refractivity contribution in [3.8, 4) is 5.88 Å². The molecule has 1 heterocycles. The second kappa shape index (κ2) is 6.37. The summed E-state index contributed by atoms with van der Waals surface area (Å²) < 4.78 is 5.00. The highest BCUT2D eigenvalue weighted by atomic mass is 16.5. The van der Waals surface area contributed by atoms with Crippen molar-refractivity contribution in [3.63, 3.8) is 0 Å². The number of hydrogen-bond acceptors (Lipinski definition) is 4. The molecule has 4 nitrogen and oxygen atoms in total. The van der Waals surface area contributed by atoms with Crippen LogP contribution in [-0.4, -0.2) is 44.2 Å². The van der Waals surface area contributed by atoms with Crippen LogP contribution in [0.1, 0.15) is 5.56 Å². The summed E-state index contributed by atoms with van der Waals surface area (Å²) in [5, 5.41) is 3.13. The molecule has 1 N–H and O–H groups in total. The van der Waals surface area contributed by atoms with Crippen LogP contribution >= 0.6 is 0 Å². The summed E-state index contributed by atoms with van der Waals surface area (Å²) in [6, 6.07) is 3.93. The summed E-state index contributed by atoms with van der Waals surface area (Å²) in [6.07, 6.45) is 1.86. The Hall–Kier alpha value is -1.13. The zero-order chi connectivity index (χ0) is 11.1. The maximum absolute atomic E-state index is 5.00. The molecule has 0 saturated carbocycles. The van der Waals surface area contributed by atoms with Gasteiger partial charge in [0.2, 0.25) is 5.88 Å². The summed E-state index contributed by atoms with van der Waals surface area (Å²) in [4.78, 5) is 6.42. The maximum Gasteiger partial charge on any atom is 0.212 e. The first-order valence-electron chi connectivity index (χ1n) is 5.08. The van der Waals surface area contributed by atoms with Crippen molar-refractivity contribution in [2.45, 2.75) is 6.54 Å². The normalized spacial score (nSPS) is 10.7. The molecule has 1 aromatic heterocycles. The lowest BCUT2D eigenvalue weighted by molar-refractivity contribution is 0.327. The van der Waals surface area contributed by atoms with Crippen LogP contribution in [0.5, 0.6) is 5.88 Å². The number of nitrogens with zero attached hydrogens (tertiary/aromatic N) is 2. The van der Waals surface area contributed by atoms with Gasteiger partial charge in [0, 0.05) is 31.9 Å². The van der Waals surface area contributed by atoms with Crippen LogP contribution in [0.4, 0.5) is 0 Å². The van der Waals surface area contributed by atoms with Gasteiger partial charge >= 0.3 is 0 Å². The zero-order valence-corrected chi connectivity index (χ0v) is 9.66. The third-order valence-corrected chi connectivity index (χ3v) is 2.20. The van der Waals surface area contributed by atoms with Crippen LogP contribution < -0.4 is 10.1 Å². The second-order valence-electron chi connectivity index (χ2n) is 3.55. The van der Waals surface area contributed by atoms with E-state index >= 15 is 0 Å². The minimum Gasteiger partial charge on any atom is -0.481 e. The van der Waals surface area contributed by atoms with Crippen LogP contribution in [0.15, 0.2) is 18.3 Å². The molecule has 0 atom stereocenters. The second-order valence-corrected chi connectivity index (χ2v) is 3.55. The van der Waals surface area contributed by atoms with Gasteiger partial charge < -0.3 is 15.0 Å². The van der Waals surface area contributed by atoms with Gasteiger partial charge in [-0.3, -0.25) is 0 Å². The van der Waals surface area contributed by atoms with Gasteiger partial charge in [0.1, 0.15) is 0 Å². The first kappa shape index (κ1) is 11.9. The van der Waals surface area contributed by atoms with Crippen molar-refractivity contribution in [1.82, 2.24) is 15.2 Å². The van der Waals surface area contributed by atoms with E-state index in [1.165, 1.54) is 5.56 Å². The molecular weight excluding hydrogens is 190 g/mol. The molecule has 0 aliphatic carbocycles. The van der Waals surface area contributed by atoms with E-state index in [0.717, 1.165) is 19.6 Å². The lowest BCUT2D eigenvalue weighted by Crippen LogP contribution is -2.26. The van der Waals surface area contributed by atoms with Gasteiger partial charge in [0.15, 0.2) is 0 Å². The van der Waals surface area contributed by atoms with E-state index in [1.54, 1.807) is 7.11 Å². The average Bonchev–Trinajstić information content (AvgIpc) is 2.27. The lowest BCUT2D eigenvalue weighted by atomic mass is 10.2. The SMILES string of the molecule is CNCCN(C)Cc1ccc(OC)nc1. The van der Waals surface area contributed by atoms with E-state index < -0.39 is 0 Å². The van der Waals surface area contributed by atoms with Crippen LogP contribution in [0.25, 0.3) is 0 Å². The highest BCUT2D eigenvalue weighted by Crippen LogP contribution is 2.07. The number of pyridine rings is 1. The fraction of sp³-hybridized carbons (Fsp3) is 0.545. The van der Waals surface area contributed by atoms with Crippen molar-refractivity contribution in [2.24, 2.45) is 0 Å². The molecule has 4 heteroatoms. The standard InChI is InChI=1S/C11H19N3O/c1-12-6-7-14(2)9-10-4-5-11(15-3)13-8-10/h4-5,8,12H,6-7,9H2,1-3H3. The lowest BCUT2D eigenvalue weighted by Gasteiger charge is -2.16. The molecule has 15 heavy (non-hydrogen) atoms. The molecule has 0 amide bonds. The van der Waals surface area contributed by atoms with Gasteiger partial charge in [-0.05, 0) is 19.7 Å². The quantitative estimate of drug-likeness (QED) is 0.750. The Morgan fingerprint density at radius 3 is 2.80 bits per heavy atom. The van der Waals surface area contributed by atoms with Gasteiger partial charge in [0.25, 0.3) is 0 Å². The molecule has 0 aliphatic rings. The summed E-state index contributed by atoms with van der Waals surface area (Å²) in [7, 11) is 5.69. The first-order valence-corrected chi connectivity index (χ1v) is 5.08. The number of nitrogens with one attached hydrogen (secondary N) is 1. The van der Waals surface area contributed by atoms with Crippen LogP contribution in [0, 0.1) is 0 Å². The van der Waals surface area contributed by atoms with Crippen LogP contribution in [-0.2, 0) is 6.54 Å². The molecule has 84 valence electrons. The predicted molar refractivity (Wildman–Crippen MR) is 61.0 cm³/mol. The fourth-order valence-corrected chi connectivity index (χ4v) is 1.32. The van der Waals surface area contributed by atoms with Crippen molar-refractivity contribution in [2.75, 3.05) is 34.3 Å². The van der Waals surface area contributed by atoms with Gasteiger partial charge in [-0.15, -0.1) is 0 Å². The highest BCUT2D eigenvalue weighted by molar-refractivity contribution is 5.17. The van der Waals surface area contributed by atoms with Gasteiger partial charge in [0.05, 0.1) is 7.11 Å². The van der Waals surface area contributed by atoms with Crippen molar-refractivity contribution >= 4 is 0 Å². The molecular formula is C11H19N3O. The minimum absolute atomic E-state index is 0.664. The van der Waals surface area contributed by atoms with Crippen molar-refractivity contribution < 1.29 is 4.74 Å². The topological polar surface area (TPSA) is 37.4 Å². The number of rotatable bonds is 6. The Morgan fingerprint density at radius 2 is 2.27 bits per heavy atom. The average molecular weight is 209 g/mol. The monoisotopic (exact) mass is 209 g/mol. The van der Waals surface area contributed by atoms with E-state index in [0.29, 0.717) is 5.88 Å². The zero-order valence-electron chi connectivity index (χ0n) is 9.66. The molecule has 0 bridgehead atoms. The van der Waals surface area contributed by atoms with Crippen LogP contribution in [0.2, 0.25) is 0 Å². The number of ether oxygens (including phenoxy) is 1. The third kappa shape index (κ3) is 4.27. The molecule has 0 unspecified atom stereocenters. The highest BCUT2D eigenvalue weighted by Gasteiger charge is 2.00. The number of likely N-dealkylation sites (N-methyl/N-ethyl adjacent to an activating group) is 2. The van der Waals surface area contributed by atoms with Gasteiger partial charge in [-0.2, -0.15) is 0 Å². The van der Waals surface area contributed by atoms with Crippen molar-refractivity contribution in [3.05, 3.63) is 23.9 Å². The molecule has 0 fully saturated rings. The molecule has 0 aliphatic heterocycles. The molecule has 0 saturated heterocycles. The van der Waals surface area contributed by atoms with E-state index in [9.17, 15) is 0 Å². The Bertz CT molecular complexity index is 274. The van der Waals surface area contributed by atoms with Crippen LogP contribution in [0.3, 0.4) is 0 Å². The van der Waals surface area contributed by atoms with Crippen molar-refractivity contribution in [1.29, 1.82) is 0 Å². The number of methoxy groups -OCH3 is 1. The van der Waals surface area contributed by atoms with E-state index in [4.69, 9.17) is 4.74 Å². The smallest absolute Gasteiger partial charge is 0.212 e. The fourth-order valence-electron chi connectivity index (χ4n) is 1.32. The molecule has 0 spiro atoms. The van der Waals surface area contributed by atoms with E-state index in [2.05, 4.69) is 22.2 Å². The minimum atomic E-state index is 0.664. The first-order chi connectivity index (χ1) is 7.26. The number of aromatic nitrogens is 1. The summed E-state index contributed by atoms with van der Waals surface area (Å²) >= 11 is 0. The summed E-state index contributed by atoms with van der Waals surface area (Å²) in [6.45, 7) is 2.95. The Morgan fingerprint density at radius 1 is 1.47 bits per heavy atom. The summed E-state index contributed by atoms with van der Waals surface area (Å²) in [5.41, 5.74) is 1.20. The third-order valence-electron chi connectivity index (χ3n) is 2.20. The largest absolute Gasteiger partial charge is 0.481 e. The molecule has 0 radical (unpaired) electrons.